The summed E-state index contributed by atoms with van der Waals surface area (Å²) < 4.78 is 39.3. The van der Waals surface area contributed by atoms with Crippen molar-refractivity contribution in [2.24, 2.45) is 0 Å². The van der Waals surface area contributed by atoms with Crippen molar-refractivity contribution in [1.29, 1.82) is 0 Å². The van der Waals surface area contributed by atoms with Crippen LogP contribution in [0.5, 0.6) is 5.75 Å². The molecule has 0 fully saturated rings. The van der Waals surface area contributed by atoms with Gasteiger partial charge in [0.25, 0.3) is 5.66 Å². The van der Waals surface area contributed by atoms with E-state index in [0.29, 0.717) is 24.5 Å². The van der Waals surface area contributed by atoms with E-state index in [2.05, 4.69) is 25.7 Å². The van der Waals surface area contributed by atoms with Gasteiger partial charge in [0.05, 0.1) is 25.0 Å². The lowest BCUT2D eigenvalue weighted by atomic mass is 10.1. The first kappa shape index (κ1) is 39.5. The van der Waals surface area contributed by atoms with Crippen molar-refractivity contribution in [1.82, 2.24) is 4.90 Å². The minimum absolute atomic E-state index is 0.186. The number of benzene rings is 1. The summed E-state index contributed by atoms with van der Waals surface area (Å²) in [4.78, 5) is 14.1. The number of hydrogen-bond donors (Lipinski definition) is 0. The molecule has 1 aromatic rings. The van der Waals surface area contributed by atoms with Gasteiger partial charge in [0.15, 0.2) is 0 Å². The minimum atomic E-state index is -2.62. The molecule has 1 unspecified atom stereocenters. The molecule has 0 bridgehead atoms. The molecule has 0 aliphatic rings. The van der Waals surface area contributed by atoms with Crippen LogP contribution in [0.3, 0.4) is 0 Å². The molecule has 0 heterocycles. The zero-order chi connectivity index (χ0) is 29.1. The van der Waals surface area contributed by atoms with Gasteiger partial charge in [-0.05, 0) is 64.9 Å². The Balaban J connectivity index is -0.000000560. The molecule has 1 rings (SSSR count). The summed E-state index contributed by atoms with van der Waals surface area (Å²) in [6.07, 6.45) is 7.64. The second-order valence-electron chi connectivity index (χ2n) is 7.34. The standard InChI is InChI=1S/C16H25NO3.C6H12O.C5H9F2P.C2H6/c1-5-17(6-2)10-11-20-14-9-8-13(4)15(12-14)16(18)19-7-3;1-3-5-6-7-4-2;1-2-3-4-5(6,7)8;1-2/h8-9,12H,5-7,10-11H2,1-4H3;5-6H,3-4H2,1-2H3;2-3H,4,8H2,1H3;1-2H3/b;6-5+;3-2+;. The van der Waals surface area contributed by atoms with Crippen LogP contribution in [0.4, 0.5) is 8.78 Å². The number of nitrogens with zero attached hydrogens (tertiary/aromatic N) is 1. The number of carbonyl (C=O) groups is 1. The molecule has 0 aliphatic heterocycles. The molecule has 1 aromatic carbocycles. The molecule has 0 saturated heterocycles. The average molecular weight is 548 g/mol. The molecule has 37 heavy (non-hydrogen) atoms. The molecular weight excluding hydrogens is 495 g/mol. The zero-order valence-corrected chi connectivity index (χ0v) is 25.8. The van der Waals surface area contributed by atoms with E-state index in [9.17, 15) is 13.6 Å². The number of hydrogen-bond acceptors (Lipinski definition) is 5. The highest BCUT2D eigenvalue weighted by Gasteiger charge is 2.17. The van der Waals surface area contributed by atoms with Crippen LogP contribution in [0.2, 0.25) is 0 Å². The van der Waals surface area contributed by atoms with Crippen LogP contribution in [-0.2, 0) is 9.47 Å². The number of carbonyl (C=O) groups excluding carboxylic acids is 1. The van der Waals surface area contributed by atoms with Gasteiger partial charge in [0.1, 0.15) is 12.4 Å². The van der Waals surface area contributed by atoms with Crippen molar-refractivity contribution >= 4 is 15.2 Å². The van der Waals surface area contributed by atoms with E-state index < -0.39 is 5.66 Å². The number of rotatable bonds is 13. The topological polar surface area (TPSA) is 48.0 Å². The molecule has 1 atom stereocenters. The van der Waals surface area contributed by atoms with E-state index in [1.165, 1.54) is 15.3 Å². The summed E-state index contributed by atoms with van der Waals surface area (Å²) in [5.41, 5.74) is -1.14. The van der Waals surface area contributed by atoms with Gasteiger partial charge in [0, 0.05) is 13.0 Å². The molecule has 0 radical (unpaired) electrons. The molecule has 216 valence electrons. The smallest absolute Gasteiger partial charge is 0.338 e. The maximum absolute atomic E-state index is 11.8. The highest BCUT2D eigenvalue weighted by molar-refractivity contribution is 7.18. The van der Waals surface area contributed by atoms with Crippen LogP contribution < -0.4 is 4.74 Å². The fourth-order valence-corrected chi connectivity index (χ4v) is 2.62. The largest absolute Gasteiger partial charge is 0.502 e. The molecule has 0 aliphatic carbocycles. The van der Waals surface area contributed by atoms with E-state index in [4.69, 9.17) is 14.2 Å². The molecule has 0 N–H and O–H groups in total. The highest BCUT2D eigenvalue weighted by Crippen LogP contribution is 2.26. The second kappa shape index (κ2) is 27.1. The summed E-state index contributed by atoms with van der Waals surface area (Å²) in [6, 6.07) is 5.54. The van der Waals surface area contributed by atoms with E-state index in [-0.39, 0.29) is 12.4 Å². The van der Waals surface area contributed by atoms with Gasteiger partial charge >= 0.3 is 5.97 Å². The summed E-state index contributed by atoms with van der Waals surface area (Å²) in [7, 11) is 1.48. The lowest BCUT2D eigenvalue weighted by molar-refractivity contribution is 0.0525. The van der Waals surface area contributed by atoms with Crippen molar-refractivity contribution < 1.29 is 27.8 Å². The van der Waals surface area contributed by atoms with Crippen molar-refractivity contribution in [2.45, 2.75) is 80.8 Å². The maximum atomic E-state index is 11.8. The first-order chi connectivity index (χ1) is 17.6. The van der Waals surface area contributed by atoms with Crippen LogP contribution in [0.15, 0.2) is 42.7 Å². The Morgan fingerprint density at radius 1 is 1.05 bits per heavy atom. The van der Waals surface area contributed by atoms with Crippen molar-refractivity contribution in [3.63, 3.8) is 0 Å². The number of aryl methyl sites for hydroxylation is 1. The molecular formula is C29H52F2NO4P. The molecule has 0 aromatic heterocycles. The lowest BCUT2D eigenvalue weighted by Crippen LogP contribution is -2.27. The lowest BCUT2D eigenvalue weighted by Gasteiger charge is -2.18. The van der Waals surface area contributed by atoms with Crippen LogP contribution in [0.1, 0.15) is 84.2 Å². The normalized spacial score (nSPS) is 10.6. The Hall–Kier alpha value is -1.98. The van der Waals surface area contributed by atoms with Gasteiger partial charge in [-0.15, -0.1) is 0 Å². The number of ether oxygens (including phenoxy) is 3. The minimum Gasteiger partial charge on any atom is -0.502 e. The predicted molar refractivity (Wildman–Crippen MR) is 157 cm³/mol. The number of likely N-dealkylation sites (N-methyl/N-ethyl adjacent to an activating group) is 1. The van der Waals surface area contributed by atoms with E-state index in [1.54, 1.807) is 32.3 Å². The van der Waals surface area contributed by atoms with Gasteiger partial charge in [0.2, 0.25) is 0 Å². The Bertz CT molecular complexity index is 718. The average Bonchev–Trinajstić information content (AvgIpc) is 2.88. The van der Waals surface area contributed by atoms with Crippen LogP contribution in [0, 0.1) is 6.92 Å². The summed E-state index contributed by atoms with van der Waals surface area (Å²) in [6.45, 7) is 22.4. The molecule has 0 spiro atoms. The van der Waals surface area contributed by atoms with Gasteiger partial charge in [-0.3, -0.25) is 0 Å². The molecule has 0 amide bonds. The first-order valence-electron chi connectivity index (χ1n) is 13.3. The SMILES string of the molecule is C/C=C/CC(F)(F)P.CC.CC/C=C/OCC.CCOC(=O)c1cc(OCCN(CC)CC)ccc1C. The fourth-order valence-electron chi connectivity index (χ4n) is 2.49. The summed E-state index contributed by atoms with van der Waals surface area (Å²) in [5, 5.41) is 0. The third kappa shape index (κ3) is 25.5. The second-order valence-corrected chi connectivity index (χ2v) is 8.19. The third-order valence-electron chi connectivity index (χ3n) is 4.50. The van der Waals surface area contributed by atoms with Crippen LogP contribution in [0.25, 0.3) is 0 Å². The Labute approximate surface area is 227 Å². The van der Waals surface area contributed by atoms with Crippen molar-refractivity contribution in [3.05, 3.63) is 53.8 Å². The Morgan fingerprint density at radius 2 is 1.68 bits per heavy atom. The van der Waals surface area contributed by atoms with E-state index in [0.717, 1.165) is 38.2 Å². The van der Waals surface area contributed by atoms with E-state index in [1.807, 2.05) is 45.9 Å². The first-order valence-corrected chi connectivity index (χ1v) is 13.8. The van der Waals surface area contributed by atoms with E-state index >= 15 is 0 Å². The van der Waals surface area contributed by atoms with Gasteiger partial charge in [-0.2, -0.15) is 0 Å². The number of esters is 1. The molecule has 0 saturated carbocycles. The van der Waals surface area contributed by atoms with Gasteiger partial charge in [-0.1, -0.05) is 68.2 Å². The monoisotopic (exact) mass is 547 g/mol. The van der Waals surface area contributed by atoms with Crippen molar-refractivity contribution in [3.8, 4) is 5.75 Å². The number of allylic oxidation sites excluding steroid dienone is 3. The van der Waals surface area contributed by atoms with Crippen LogP contribution in [-0.4, -0.2) is 56.0 Å². The fraction of sp³-hybridized carbons (Fsp3) is 0.621. The molecule has 5 nitrogen and oxygen atoms in total. The zero-order valence-electron chi connectivity index (χ0n) is 24.6. The summed E-state index contributed by atoms with van der Waals surface area (Å²) in [5.74, 6) is 0.421. The quantitative estimate of drug-likeness (QED) is 0.108. The maximum Gasteiger partial charge on any atom is 0.338 e. The molecule has 8 heteroatoms. The highest BCUT2D eigenvalue weighted by atomic mass is 31.0. The Kier molecular flexibility index (Phi) is 28.9. The van der Waals surface area contributed by atoms with Gasteiger partial charge in [-0.25, -0.2) is 13.6 Å². The van der Waals surface area contributed by atoms with Gasteiger partial charge < -0.3 is 19.1 Å². The Morgan fingerprint density at radius 3 is 2.11 bits per heavy atom. The number of halogens is 2. The summed E-state index contributed by atoms with van der Waals surface area (Å²) >= 11 is 0. The van der Waals surface area contributed by atoms with Crippen molar-refractivity contribution in [2.75, 3.05) is 39.5 Å². The number of alkyl halides is 2. The predicted octanol–water partition coefficient (Wildman–Crippen LogP) is 8.29. The van der Waals surface area contributed by atoms with Crippen LogP contribution >= 0.6 is 9.24 Å². The third-order valence-corrected chi connectivity index (χ3v) is 4.73.